The van der Waals surface area contributed by atoms with E-state index < -0.39 is 0 Å². The second kappa shape index (κ2) is 4.11. The van der Waals surface area contributed by atoms with E-state index in [9.17, 15) is 4.79 Å². The van der Waals surface area contributed by atoms with E-state index in [2.05, 4.69) is 20.9 Å². The normalized spacial score (nSPS) is 21.6. The summed E-state index contributed by atoms with van der Waals surface area (Å²) in [5.74, 6) is 0.628. The lowest BCUT2D eigenvalue weighted by molar-refractivity contribution is -0.130. The minimum absolute atomic E-state index is 0.338. The van der Waals surface area contributed by atoms with Gasteiger partial charge in [-0.2, -0.15) is 0 Å². The van der Waals surface area contributed by atoms with Gasteiger partial charge in [0.05, 0.1) is 0 Å². The van der Waals surface area contributed by atoms with Crippen molar-refractivity contribution >= 4 is 33.9 Å². The number of halogens is 1. The van der Waals surface area contributed by atoms with Gasteiger partial charge in [-0.3, -0.25) is 0 Å². The molecule has 3 rings (SSSR count). The van der Waals surface area contributed by atoms with Crippen LogP contribution in [0.25, 0.3) is 6.08 Å². The van der Waals surface area contributed by atoms with E-state index in [-0.39, 0.29) is 5.97 Å². The van der Waals surface area contributed by atoms with Crippen LogP contribution in [0.1, 0.15) is 18.4 Å². The van der Waals surface area contributed by atoms with Crippen LogP contribution in [0, 0.1) is 5.92 Å². The maximum Gasteiger partial charge on any atom is 0.363 e. The third-order valence-electron chi connectivity index (χ3n) is 2.74. The van der Waals surface area contributed by atoms with Gasteiger partial charge in [0.2, 0.25) is 5.90 Å². The Hall–Kier alpha value is -1.42. The fourth-order valence-electron chi connectivity index (χ4n) is 1.65. The van der Waals surface area contributed by atoms with Gasteiger partial charge in [-0.25, -0.2) is 9.79 Å². The second-order valence-electron chi connectivity index (χ2n) is 4.19. The van der Waals surface area contributed by atoms with Gasteiger partial charge in [-0.05, 0) is 36.6 Å². The van der Waals surface area contributed by atoms with Crippen LogP contribution >= 0.6 is 15.9 Å². The molecule has 1 fully saturated rings. The van der Waals surface area contributed by atoms with Crippen molar-refractivity contribution in [3.8, 4) is 0 Å². The summed E-state index contributed by atoms with van der Waals surface area (Å²) in [5.41, 5.74) is 1.34. The van der Waals surface area contributed by atoms with Crippen molar-refractivity contribution in [1.82, 2.24) is 0 Å². The molecular weight excluding hydrogens is 282 g/mol. The first-order valence-corrected chi connectivity index (χ1v) is 6.30. The Morgan fingerprint density at radius 3 is 2.65 bits per heavy atom. The molecule has 0 saturated heterocycles. The zero-order chi connectivity index (χ0) is 11.8. The number of carbonyl (C=O) groups is 1. The summed E-state index contributed by atoms with van der Waals surface area (Å²) >= 11 is 3.37. The van der Waals surface area contributed by atoms with E-state index in [0.717, 1.165) is 22.9 Å². The first kappa shape index (κ1) is 10.7. The molecule has 0 spiro atoms. The molecule has 1 aliphatic carbocycles. The predicted molar refractivity (Wildman–Crippen MR) is 68.4 cm³/mol. The van der Waals surface area contributed by atoms with E-state index >= 15 is 0 Å². The van der Waals surface area contributed by atoms with E-state index in [0.29, 0.717) is 17.5 Å². The number of esters is 1. The highest BCUT2D eigenvalue weighted by Crippen LogP contribution is 2.34. The third kappa shape index (κ3) is 2.31. The van der Waals surface area contributed by atoms with Crippen LogP contribution in [0.5, 0.6) is 0 Å². The topological polar surface area (TPSA) is 38.7 Å². The molecule has 0 bridgehead atoms. The van der Waals surface area contributed by atoms with Crippen LogP contribution in [-0.4, -0.2) is 11.9 Å². The molecule has 2 aliphatic rings. The van der Waals surface area contributed by atoms with Crippen molar-refractivity contribution in [2.75, 3.05) is 0 Å². The van der Waals surface area contributed by atoms with Gasteiger partial charge in [-0.15, -0.1) is 0 Å². The highest BCUT2D eigenvalue weighted by molar-refractivity contribution is 9.10. The van der Waals surface area contributed by atoms with Gasteiger partial charge in [0.1, 0.15) is 0 Å². The molecule has 86 valence electrons. The molecule has 1 aliphatic heterocycles. The second-order valence-corrected chi connectivity index (χ2v) is 5.11. The predicted octanol–water partition coefficient (Wildman–Crippen LogP) is 3.16. The average molecular weight is 292 g/mol. The molecule has 1 aromatic carbocycles. The summed E-state index contributed by atoms with van der Waals surface area (Å²) in [6, 6.07) is 7.71. The van der Waals surface area contributed by atoms with Crippen LogP contribution < -0.4 is 0 Å². The van der Waals surface area contributed by atoms with Crippen molar-refractivity contribution in [3.05, 3.63) is 40.0 Å². The molecule has 0 N–H and O–H groups in total. The Morgan fingerprint density at radius 1 is 1.29 bits per heavy atom. The summed E-state index contributed by atoms with van der Waals surface area (Å²) in [6.07, 6.45) is 3.92. The van der Waals surface area contributed by atoms with Crippen molar-refractivity contribution in [2.45, 2.75) is 12.8 Å². The summed E-state index contributed by atoms with van der Waals surface area (Å²) < 4.78 is 6.14. The Bertz CT molecular complexity index is 527. The zero-order valence-corrected chi connectivity index (χ0v) is 10.6. The lowest BCUT2D eigenvalue weighted by atomic mass is 10.2. The molecule has 0 unspecified atom stereocenters. The van der Waals surface area contributed by atoms with E-state index in [1.54, 1.807) is 6.08 Å². The van der Waals surface area contributed by atoms with Crippen LogP contribution in [0.3, 0.4) is 0 Å². The number of aliphatic imine (C=N–C) groups is 1. The fraction of sp³-hybridized carbons (Fsp3) is 0.231. The number of cyclic esters (lactones) is 1. The van der Waals surface area contributed by atoms with Gasteiger partial charge in [-0.1, -0.05) is 28.1 Å². The van der Waals surface area contributed by atoms with Crippen LogP contribution in [-0.2, 0) is 9.53 Å². The van der Waals surface area contributed by atoms with E-state index in [4.69, 9.17) is 4.74 Å². The van der Waals surface area contributed by atoms with Crippen molar-refractivity contribution < 1.29 is 9.53 Å². The zero-order valence-electron chi connectivity index (χ0n) is 9.02. The van der Waals surface area contributed by atoms with E-state index in [1.165, 1.54) is 0 Å². The number of nitrogens with zero attached hydrogens (tertiary/aromatic N) is 1. The highest BCUT2D eigenvalue weighted by atomic mass is 79.9. The maximum absolute atomic E-state index is 11.6. The molecular formula is C13H10BrNO2. The Kier molecular flexibility index (Phi) is 2.59. The number of hydrogen-bond acceptors (Lipinski definition) is 3. The van der Waals surface area contributed by atoms with Crippen LogP contribution in [0.4, 0.5) is 0 Å². The first-order valence-electron chi connectivity index (χ1n) is 5.50. The molecule has 1 saturated carbocycles. The molecule has 0 amide bonds. The molecule has 1 heterocycles. The molecule has 17 heavy (non-hydrogen) atoms. The van der Waals surface area contributed by atoms with Crippen molar-refractivity contribution in [3.63, 3.8) is 0 Å². The molecule has 4 heteroatoms. The average Bonchev–Trinajstić information content (AvgIpc) is 3.09. The Morgan fingerprint density at radius 2 is 2.00 bits per heavy atom. The highest BCUT2D eigenvalue weighted by Gasteiger charge is 2.35. The summed E-state index contributed by atoms with van der Waals surface area (Å²) in [4.78, 5) is 15.8. The van der Waals surface area contributed by atoms with Gasteiger partial charge in [0, 0.05) is 10.4 Å². The number of rotatable bonds is 2. The van der Waals surface area contributed by atoms with Gasteiger partial charge in [0.25, 0.3) is 0 Å². The molecule has 1 aromatic rings. The van der Waals surface area contributed by atoms with Gasteiger partial charge >= 0.3 is 5.97 Å². The number of benzene rings is 1. The first-order chi connectivity index (χ1) is 8.22. The summed E-state index contributed by atoms with van der Waals surface area (Å²) in [7, 11) is 0. The molecule has 0 aromatic heterocycles. The monoisotopic (exact) mass is 291 g/mol. The number of hydrogen-bond donors (Lipinski definition) is 0. The van der Waals surface area contributed by atoms with Gasteiger partial charge < -0.3 is 4.74 Å². The van der Waals surface area contributed by atoms with Gasteiger partial charge in [0.15, 0.2) is 5.70 Å². The molecule has 3 nitrogen and oxygen atoms in total. The third-order valence-corrected chi connectivity index (χ3v) is 3.27. The summed E-state index contributed by atoms with van der Waals surface area (Å²) in [6.45, 7) is 0. The Labute approximate surface area is 107 Å². The molecule has 0 atom stereocenters. The quantitative estimate of drug-likeness (QED) is 0.620. The van der Waals surface area contributed by atoms with Crippen LogP contribution in [0.15, 0.2) is 39.4 Å². The smallest absolute Gasteiger partial charge is 0.363 e. The largest absolute Gasteiger partial charge is 0.406 e. The SMILES string of the molecule is O=C1OC(C2CC2)=N/C1=C/c1ccc(Br)cc1. The number of carbonyl (C=O) groups excluding carboxylic acids is 1. The van der Waals surface area contributed by atoms with Crippen molar-refractivity contribution in [2.24, 2.45) is 10.9 Å². The Balaban J connectivity index is 1.87. The lowest BCUT2D eigenvalue weighted by Gasteiger charge is -1.94. The van der Waals surface area contributed by atoms with E-state index in [1.807, 2.05) is 24.3 Å². The minimum Gasteiger partial charge on any atom is -0.406 e. The fourth-order valence-corrected chi connectivity index (χ4v) is 1.91. The molecule has 0 radical (unpaired) electrons. The standard InChI is InChI=1S/C13H10BrNO2/c14-10-5-1-8(2-6-10)7-11-13(16)17-12(15-11)9-3-4-9/h1-2,5-7,9H,3-4H2/b11-7+. The summed E-state index contributed by atoms with van der Waals surface area (Å²) in [5, 5.41) is 0. The minimum atomic E-state index is -0.338. The van der Waals surface area contributed by atoms with Crippen LogP contribution in [0.2, 0.25) is 0 Å². The number of ether oxygens (including phenoxy) is 1. The maximum atomic E-state index is 11.6. The van der Waals surface area contributed by atoms with Crippen molar-refractivity contribution in [1.29, 1.82) is 0 Å². The lowest BCUT2D eigenvalue weighted by Crippen LogP contribution is -2.05.